The highest BCUT2D eigenvalue weighted by molar-refractivity contribution is 5.83. The van der Waals surface area contributed by atoms with Crippen molar-refractivity contribution in [1.29, 1.82) is 0 Å². The zero-order chi connectivity index (χ0) is 28.6. The number of carbonyl (C=O) groups is 3. The van der Waals surface area contributed by atoms with E-state index in [1.165, 1.54) is 57.8 Å². The van der Waals surface area contributed by atoms with Gasteiger partial charge in [0.25, 0.3) is 0 Å². The van der Waals surface area contributed by atoms with Gasteiger partial charge < -0.3 is 25.0 Å². The molecular formula is C31H53NO7. The Balaban J connectivity index is 1.73. The van der Waals surface area contributed by atoms with E-state index in [0.29, 0.717) is 30.8 Å². The van der Waals surface area contributed by atoms with Gasteiger partial charge in [-0.1, -0.05) is 45.4 Å². The molecule has 8 heteroatoms. The van der Waals surface area contributed by atoms with Crippen molar-refractivity contribution in [2.45, 2.75) is 105 Å². The molecule has 3 aliphatic rings. The van der Waals surface area contributed by atoms with E-state index in [2.05, 4.69) is 5.32 Å². The van der Waals surface area contributed by atoms with E-state index < -0.39 is 29.4 Å². The van der Waals surface area contributed by atoms with Crippen molar-refractivity contribution in [3.63, 3.8) is 0 Å². The minimum Gasteiger partial charge on any atom is -0.465 e. The molecule has 0 saturated heterocycles. The van der Waals surface area contributed by atoms with Crippen LogP contribution in [0, 0.1) is 46.3 Å². The van der Waals surface area contributed by atoms with Crippen molar-refractivity contribution in [2.75, 3.05) is 26.6 Å². The van der Waals surface area contributed by atoms with Gasteiger partial charge in [0.05, 0.1) is 24.0 Å². The lowest BCUT2D eigenvalue weighted by Crippen LogP contribution is -2.46. The molecule has 6 unspecified atom stereocenters. The minimum atomic E-state index is -1.15. The Hall–Kier alpha value is -1.67. The molecule has 0 aliphatic heterocycles. The van der Waals surface area contributed by atoms with E-state index in [-0.39, 0.29) is 37.9 Å². The summed E-state index contributed by atoms with van der Waals surface area (Å²) < 4.78 is 11.4. The lowest BCUT2D eigenvalue weighted by Gasteiger charge is -2.51. The van der Waals surface area contributed by atoms with Crippen molar-refractivity contribution >= 4 is 17.8 Å². The van der Waals surface area contributed by atoms with Crippen LogP contribution in [0.5, 0.6) is 0 Å². The highest BCUT2D eigenvalue weighted by Crippen LogP contribution is 2.53. The van der Waals surface area contributed by atoms with Crippen molar-refractivity contribution in [1.82, 2.24) is 5.32 Å². The summed E-state index contributed by atoms with van der Waals surface area (Å²) in [5, 5.41) is 20.8. The first-order valence-corrected chi connectivity index (χ1v) is 15.4. The minimum absolute atomic E-state index is 0.147. The van der Waals surface area contributed by atoms with Crippen LogP contribution in [-0.2, 0) is 23.9 Å². The highest BCUT2D eigenvalue weighted by atomic mass is 16.5. The number of aliphatic hydroxyl groups excluding tert-OH is 2. The molecule has 8 nitrogen and oxygen atoms in total. The highest BCUT2D eigenvalue weighted by Gasteiger charge is 2.48. The molecule has 0 aromatic heterocycles. The zero-order valence-corrected chi connectivity index (χ0v) is 24.7. The monoisotopic (exact) mass is 551 g/mol. The Bertz CT molecular complexity index is 808. The van der Waals surface area contributed by atoms with Gasteiger partial charge in [0.2, 0.25) is 5.91 Å². The number of amides is 1. The average molecular weight is 552 g/mol. The second-order valence-electron chi connectivity index (χ2n) is 13.4. The number of ether oxygens (including phenoxy) is 2. The molecule has 0 radical (unpaired) electrons. The van der Waals surface area contributed by atoms with Crippen LogP contribution in [0.4, 0.5) is 0 Å². The van der Waals surface area contributed by atoms with Gasteiger partial charge in [0.15, 0.2) is 0 Å². The molecule has 6 atom stereocenters. The first kappa shape index (κ1) is 31.9. The summed E-state index contributed by atoms with van der Waals surface area (Å²) >= 11 is 0. The van der Waals surface area contributed by atoms with Crippen LogP contribution in [-0.4, -0.2) is 54.6 Å². The molecule has 0 aromatic rings. The van der Waals surface area contributed by atoms with Crippen molar-refractivity contribution in [3.8, 4) is 0 Å². The van der Waals surface area contributed by atoms with Crippen LogP contribution < -0.4 is 5.32 Å². The lowest BCUT2D eigenvalue weighted by molar-refractivity contribution is -0.167. The molecule has 0 aromatic carbocycles. The Morgan fingerprint density at radius 3 is 2.03 bits per heavy atom. The Morgan fingerprint density at radius 2 is 1.49 bits per heavy atom. The van der Waals surface area contributed by atoms with Gasteiger partial charge in [-0.15, -0.1) is 0 Å². The van der Waals surface area contributed by atoms with Gasteiger partial charge in [0, 0.05) is 5.92 Å². The molecule has 0 spiro atoms. The molecule has 224 valence electrons. The van der Waals surface area contributed by atoms with Gasteiger partial charge >= 0.3 is 11.9 Å². The summed E-state index contributed by atoms with van der Waals surface area (Å²) in [6.45, 7) is 6.69. The fraction of sp³-hybridized carbons (Fsp3) is 0.903. The predicted octanol–water partition coefficient (Wildman–Crippen LogP) is 4.60. The summed E-state index contributed by atoms with van der Waals surface area (Å²) in [7, 11) is 0. The Kier molecular flexibility index (Phi) is 11.7. The smallest absolute Gasteiger partial charge is 0.311 e. The average Bonchev–Trinajstić information content (AvgIpc) is 2.92. The predicted molar refractivity (Wildman–Crippen MR) is 148 cm³/mol. The van der Waals surface area contributed by atoms with Crippen LogP contribution >= 0.6 is 0 Å². The molecule has 3 saturated carbocycles. The molecular weight excluding hydrogens is 498 g/mol. The van der Waals surface area contributed by atoms with Crippen molar-refractivity contribution in [2.24, 2.45) is 46.3 Å². The number of fused-ring (bicyclic) bond motifs is 2. The van der Waals surface area contributed by atoms with Gasteiger partial charge in [-0.3, -0.25) is 14.4 Å². The summed E-state index contributed by atoms with van der Waals surface area (Å²) in [5.74, 6) is 1.47. The normalized spacial score (nSPS) is 29.2. The van der Waals surface area contributed by atoms with Crippen LogP contribution in [0.15, 0.2) is 0 Å². The SMILES string of the molecule is CCC(CC(C)(CC(C)(C)C(=O)OCC1C2CCCCC2CC2CCCCC21)C(=O)OCCO)C(=O)NCO. The fourth-order valence-electron chi connectivity index (χ4n) is 8.28. The second-order valence-corrected chi connectivity index (χ2v) is 13.4. The van der Waals surface area contributed by atoms with Gasteiger partial charge in [-0.05, 0) is 88.9 Å². The van der Waals surface area contributed by atoms with Crippen LogP contribution in [0.2, 0.25) is 0 Å². The lowest BCUT2D eigenvalue weighted by atomic mass is 9.55. The summed E-state index contributed by atoms with van der Waals surface area (Å²) in [4.78, 5) is 39.4. The maximum atomic E-state index is 13.6. The maximum Gasteiger partial charge on any atom is 0.311 e. The second kappa shape index (κ2) is 14.3. The van der Waals surface area contributed by atoms with Gasteiger partial charge in [0.1, 0.15) is 13.3 Å². The van der Waals surface area contributed by atoms with E-state index in [1.807, 2.05) is 6.92 Å². The molecule has 39 heavy (non-hydrogen) atoms. The van der Waals surface area contributed by atoms with Crippen LogP contribution in [0.1, 0.15) is 105 Å². The third-order valence-electron chi connectivity index (χ3n) is 10.1. The van der Waals surface area contributed by atoms with E-state index in [9.17, 15) is 19.5 Å². The first-order valence-electron chi connectivity index (χ1n) is 15.4. The van der Waals surface area contributed by atoms with E-state index in [4.69, 9.17) is 14.6 Å². The van der Waals surface area contributed by atoms with Crippen molar-refractivity contribution < 1.29 is 34.1 Å². The number of hydrogen-bond acceptors (Lipinski definition) is 7. The summed E-state index contributed by atoms with van der Waals surface area (Å²) in [6.07, 6.45) is 12.4. The number of aliphatic hydroxyl groups is 2. The molecule has 3 aliphatic carbocycles. The molecule has 0 bridgehead atoms. The zero-order valence-electron chi connectivity index (χ0n) is 24.7. The number of hydrogen-bond donors (Lipinski definition) is 3. The van der Waals surface area contributed by atoms with Crippen LogP contribution in [0.3, 0.4) is 0 Å². The third-order valence-corrected chi connectivity index (χ3v) is 10.1. The third kappa shape index (κ3) is 7.96. The first-order chi connectivity index (χ1) is 18.6. The molecule has 3 fully saturated rings. The number of esters is 2. The Labute approximate surface area is 235 Å². The quantitative estimate of drug-likeness (QED) is 0.226. The fourth-order valence-corrected chi connectivity index (χ4v) is 8.28. The van der Waals surface area contributed by atoms with E-state index >= 15 is 0 Å². The standard InChI is InChI=1S/C31H53NO7/c1-5-21(27(35)32-20-34)17-31(4,29(37)38-15-14-33)19-30(2,3)28(36)39-18-26-24-12-8-6-10-22(24)16-23-11-7-9-13-25(23)26/h21-26,33-34H,5-20H2,1-4H3,(H,32,35). The van der Waals surface area contributed by atoms with E-state index in [0.717, 1.165) is 11.8 Å². The number of nitrogens with one attached hydrogen (secondary N) is 1. The van der Waals surface area contributed by atoms with Gasteiger partial charge in [-0.25, -0.2) is 0 Å². The van der Waals surface area contributed by atoms with E-state index in [1.54, 1.807) is 20.8 Å². The van der Waals surface area contributed by atoms with Gasteiger partial charge in [-0.2, -0.15) is 0 Å². The Morgan fingerprint density at radius 1 is 0.897 bits per heavy atom. The number of carbonyl (C=O) groups excluding carboxylic acids is 3. The van der Waals surface area contributed by atoms with Crippen LogP contribution in [0.25, 0.3) is 0 Å². The summed E-state index contributed by atoms with van der Waals surface area (Å²) in [5.41, 5.74) is -2.13. The number of rotatable bonds is 13. The largest absolute Gasteiger partial charge is 0.465 e. The molecule has 1 amide bonds. The van der Waals surface area contributed by atoms with Crippen molar-refractivity contribution in [3.05, 3.63) is 0 Å². The molecule has 3 rings (SSSR count). The molecule has 0 heterocycles. The summed E-state index contributed by atoms with van der Waals surface area (Å²) in [6, 6.07) is 0. The molecule has 3 N–H and O–H groups in total. The maximum absolute atomic E-state index is 13.6. The topological polar surface area (TPSA) is 122 Å².